The Bertz CT molecular complexity index is 432. The third-order valence-electron chi connectivity index (χ3n) is 2.90. The molecule has 0 aromatic carbocycles. The molecule has 0 spiro atoms. The summed E-state index contributed by atoms with van der Waals surface area (Å²) in [6.07, 6.45) is 1.56. The number of aromatic amines is 1. The predicted octanol–water partition coefficient (Wildman–Crippen LogP) is 2.33. The van der Waals surface area contributed by atoms with E-state index >= 15 is 0 Å². The third-order valence-corrected chi connectivity index (χ3v) is 3.34. The van der Waals surface area contributed by atoms with Crippen molar-refractivity contribution >= 4 is 18.5 Å². The van der Waals surface area contributed by atoms with Crippen molar-refractivity contribution in [2.45, 2.75) is 52.3 Å². The fraction of sp³-hybridized carbons (Fsp3) is 0.714. The van der Waals surface area contributed by atoms with Crippen LogP contribution in [0.2, 0.25) is 0 Å². The van der Waals surface area contributed by atoms with Crippen molar-refractivity contribution in [3.63, 3.8) is 0 Å². The lowest BCUT2D eigenvalue weighted by atomic mass is 10.1. The van der Waals surface area contributed by atoms with Crippen molar-refractivity contribution in [2.24, 2.45) is 5.92 Å². The fourth-order valence-corrected chi connectivity index (χ4v) is 2.42. The molecular formula is C14H25N3O2S. The summed E-state index contributed by atoms with van der Waals surface area (Å²) in [7, 11) is 0. The molecule has 5 nitrogen and oxygen atoms in total. The number of carbonyl (C=O) groups excluding carboxylic acids is 1. The van der Waals surface area contributed by atoms with Gasteiger partial charge in [-0.05, 0) is 25.7 Å². The van der Waals surface area contributed by atoms with E-state index in [-0.39, 0.29) is 11.2 Å². The maximum absolute atomic E-state index is 11.9. The van der Waals surface area contributed by atoms with Crippen LogP contribution in [-0.4, -0.2) is 27.7 Å². The molecule has 0 aliphatic heterocycles. The van der Waals surface area contributed by atoms with Gasteiger partial charge in [0.15, 0.2) is 0 Å². The van der Waals surface area contributed by atoms with E-state index in [1.165, 1.54) is 0 Å². The first kappa shape index (κ1) is 16.9. The Morgan fingerprint density at radius 3 is 2.70 bits per heavy atom. The van der Waals surface area contributed by atoms with Crippen molar-refractivity contribution in [3.8, 4) is 6.01 Å². The molecule has 1 heterocycles. The number of nitrogens with zero attached hydrogens (tertiary/aromatic N) is 1. The first-order chi connectivity index (χ1) is 9.47. The SMILES string of the molecule is CCOc1nc(CC)c(CNC(=O)[C@@H](S)CC(C)C)[nH]1. The number of rotatable bonds is 8. The van der Waals surface area contributed by atoms with Crippen molar-refractivity contribution in [2.75, 3.05) is 6.61 Å². The summed E-state index contributed by atoms with van der Waals surface area (Å²) >= 11 is 4.34. The van der Waals surface area contributed by atoms with Gasteiger partial charge in [0.2, 0.25) is 5.91 Å². The van der Waals surface area contributed by atoms with E-state index < -0.39 is 0 Å². The van der Waals surface area contributed by atoms with Gasteiger partial charge in [0.1, 0.15) is 0 Å². The molecule has 0 aliphatic carbocycles. The molecule has 20 heavy (non-hydrogen) atoms. The normalized spacial score (nSPS) is 12.5. The minimum atomic E-state index is -0.269. The molecule has 1 rings (SSSR count). The van der Waals surface area contributed by atoms with E-state index in [0.29, 0.717) is 25.1 Å². The number of thiol groups is 1. The number of nitrogens with one attached hydrogen (secondary N) is 2. The predicted molar refractivity (Wildman–Crippen MR) is 83.2 cm³/mol. The van der Waals surface area contributed by atoms with Gasteiger partial charge in [-0.15, -0.1) is 0 Å². The summed E-state index contributed by atoms with van der Waals surface area (Å²) in [5, 5.41) is 2.62. The standard InChI is InChI=1S/C14H25N3O2S/c1-5-10-11(17-14(16-10)19-6-2)8-15-13(18)12(20)7-9(3)4/h9,12,20H,5-8H2,1-4H3,(H,15,18)(H,16,17)/t12-/m0/s1. The summed E-state index contributed by atoms with van der Waals surface area (Å²) < 4.78 is 5.34. The molecule has 0 bridgehead atoms. The second kappa shape index (κ2) is 8.19. The van der Waals surface area contributed by atoms with Crippen LogP contribution in [0.25, 0.3) is 0 Å². The first-order valence-electron chi connectivity index (χ1n) is 7.14. The summed E-state index contributed by atoms with van der Waals surface area (Å²) in [4.78, 5) is 19.4. The molecule has 6 heteroatoms. The molecule has 0 saturated carbocycles. The van der Waals surface area contributed by atoms with Gasteiger partial charge < -0.3 is 15.0 Å². The van der Waals surface area contributed by atoms with E-state index in [9.17, 15) is 4.79 Å². The molecule has 2 N–H and O–H groups in total. The van der Waals surface area contributed by atoms with Gasteiger partial charge in [0, 0.05) is 0 Å². The Labute approximate surface area is 126 Å². The average molecular weight is 299 g/mol. The number of imidazole rings is 1. The van der Waals surface area contributed by atoms with Crippen LogP contribution >= 0.6 is 12.6 Å². The van der Waals surface area contributed by atoms with E-state index in [2.05, 4.69) is 41.8 Å². The number of hydrogen-bond acceptors (Lipinski definition) is 4. The second-order valence-electron chi connectivity index (χ2n) is 5.12. The van der Waals surface area contributed by atoms with Crippen molar-refractivity contribution in [1.82, 2.24) is 15.3 Å². The highest BCUT2D eigenvalue weighted by atomic mass is 32.1. The summed E-state index contributed by atoms with van der Waals surface area (Å²) in [6.45, 7) is 9.08. The van der Waals surface area contributed by atoms with Gasteiger partial charge in [-0.25, -0.2) is 4.98 Å². The van der Waals surface area contributed by atoms with Gasteiger partial charge in [-0.3, -0.25) is 4.79 Å². The summed E-state index contributed by atoms with van der Waals surface area (Å²) in [5.41, 5.74) is 1.82. The van der Waals surface area contributed by atoms with Crippen LogP contribution in [0, 0.1) is 5.92 Å². The lowest BCUT2D eigenvalue weighted by Crippen LogP contribution is -2.32. The van der Waals surface area contributed by atoms with E-state index in [0.717, 1.165) is 24.2 Å². The molecule has 0 saturated heterocycles. The molecule has 1 aromatic rings. The Morgan fingerprint density at radius 1 is 1.45 bits per heavy atom. The number of carbonyl (C=O) groups is 1. The zero-order valence-corrected chi connectivity index (χ0v) is 13.6. The van der Waals surface area contributed by atoms with Crippen molar-refractivity contribution in [3.05, 3.63) is 11.4 Å². The van der Waals surface area contributed by atoms with Gasteiger partial charge in [0.25, 0.3) is 6.01 Å². The molecule has 0 unspecified atom stereocenters. The number of amides is 1. The van der Waals surface area contributed by atoms with Gasteiger partial charge >= 0.3 is 0 Å². The van der Waals surface area contributed by atoms with Crippen LogP contribution < -0.4 is 10.1 Å². The minimum Gasteiger partial charge on any atom is -0.465 e. The monoisotopic (exact) mass is 299 g/mol. The Hall–Kier alpha value is -1.17. The largest absolute Gasteiger partial charge is 0.465 e. The average Bonchev–Trinajstić information content (AvgIpc) is 2.77. The zero-order chi connectivity index (χ0) is 15.1. The van der Waals surface area contributed by atoms with Crippen LogP contribution in [0.4, 0.5) is 0 Å². The molecule has 114 valence electrons. The van der Waals surface area contributed by atoms with E-state index in [1.807, 2.05) is 13.8 Å². The number of ether oxygens (including phenoxy) is 1. The fourth-order valence-electron chi connectivity index (χ4n) is 1.91. The van der Waals surface area contributed by atoms with Crippen molar-refractivity contribution in [1.29, 1.82) is 0 Å². The lowest BCUT2D eigenvalue weighted by Gasteiger charge is -2.13. The van der Waals surface area contributed by atoms with Gasteiger partial charge in [-0.2, -0.15) is 12.6 Å². The van der Waals surface area contributed by atoms with E-state index in [1.54, 1.807) is 0 Å². The Morgan fingerprint density at radius 2 is 2.15 bits per heavy atom. The maximum atomic E-state index is 11.9. The first-order valence-corrected chi connectivity index (χ1v) is 7.65. The van der Waals surface area contributed by atoms with Crippen molar-refractivity contribution < 1.29 is 9.53 Å². The number of aromatic nitrogens is 2. The lowest BCUT2D eigenvalue weighted by molar-refractivity contribution is -0.121. The quantitative estimate of drug-likeness (QED) is 0.645. The number of hydrogen-bond donors (Lipinski definition) is 3. The van der Waals surface area contributed by atoms with Crippen LogP contribution in [0.5, 0.6) is 6.01 Å². The Kier molecular flexibility index (Phi) is 6.91. The summed E-state index contributed by atoms with van der Waals surface area (Å²) in [5.74, 6) is 0.405. The maximum Gasteiger partial charge on any atom is 0.294 e. The highest BCUT2D eigenvalue weighted by Gasteiger charge is 2.16. The summed E-state index contributed by atoms with van der Waals surface area (Å²) in [6, 6.07) is 0.512. The minimum absolute atomic E-state index is 0.0448. The molecule has 0 aliphatic rings. The molecule has 0 radical (unpaired) electrons. The molecule has 1 amide bonds. The number of H-pyrrole nitrogens is 1. The zero-order valence-electron chi connectivity index (χ0n) is 12.7. The van der Waals surface area contributed by atoms with E-state index in [4.69, 9.17) is 4.74 Å². The number of aryl methyl sites for hydroxylation is 1. The molecule has 1 atom stereocenters. The molecular weight excluding hydrogens is 274 g/mol. The second-order valence-corrected chi connectivity index (χ2v) is 5.74. The molecule has 1 aromatic heterocycles. The van der Waals surface area contributed by atoms with Crippen LogP contribution in [0.3, 0.4) is 0 Å². The van der Waals surface area contributed by atoms with Crippen LogP contribution in [0.1, 0.15) is 45.5 Å². The topological polar surface area (TPSA) is 67.0 Å². The highest BCUT2D eigenvalue weighted by Crippen LogP contribution is 2.14. The smallest absolute Gasteiger partial charge is 0.294 e. The van der Waals surface area contributed by atoms with Crippen LogP contribution in [-0.2, 0) is 17.8 Å². The van der Waals surface area contributed by atoms with Gasteiger partial charge in [0.05, 0.1) is 29.8 Å². The third kappa shape index (κ3) is 5.07. The van der Waals surface area contributed by atoms with Crippen LogP contribution in [0.15, 0.2) is 0 Å². The molecule has 0 fully saturated rings. The Balaban J connectivity index is 2.58. The van der Waals surface area contributed by atoms with Gasteiger partial charge in [-0.1, -0.05) is 20.8 Å². The highest BCUT2D eigenvalue weighted by molar-refractivity contribution is 7.81.